The van der Waals surface area contributed by atoms with Gasteiger partial charge >= 0.3 is 6.09 Å². The summed E-state index contributed by atoms with van der Waals surface area (Å²) in [7, 11) is 0. The molecule has 1 heterocycles. The molecule has 0 saturated carbocycles. The van der Waals surface area contributed by atoms with Gasteiger partial charge in [-0.15, -0.1) is 0 Å². The number of aliphatic imine (C=N–C) groups is 1. The number of alkyl carbamates (subject to hydrolysis) is 1. The van der Waals surface area contributed by atoms with Crippen LogP contribution < -0.4 is 16.8 Å². The molecule has 0 aliphatic carbocycles. The second-order valence-electron chi connectivity index (χ2n) is 2.56. The third-order valence-electron chi connectivity index (χ3n) is 1.38. The van der Waals surface area contributed by atoms with Crippen LogP contribution in [0, 0.1) is 5.41 Å². The Morgan fingerprint density at radius 2 is 2.50 bits per heavy atom. The number of rotatable bonds is 2. The van der Waals surface area contributed by atoms with E-state index in [0.717, 1.165) is 11.8 Å². The maximum absolute atomic E-state index is 10.6. The van der Waals surface area contributed by atoms with Crippen LogP contribution in [0.15, 0.2) is 4.99 Å². The van der Waals surface area contributed by atoms with Gasteiger partial charge in [-0.25, -0.2) is 4.79 Å². The van der Waals surface area contributed by atoms with E-state index in [-0.39, 0.29) is 17.2 Å². The fourth-order valence-corrected chi connectivity index (χ4v) is 1.55. The van der Waals surface area contributed by atoms with Crippen molar-refractivity contribution in [3.8, 4) is 0 Å². The molecule has 0 spiro atoms. The lowest BCUT2D eigenvalue weighted by Crippen LogP contribution is -2.24. The minimum Gasteiger partial charge on any atom is -0.443 e. The average Bonchev–Trinajstić information content (AvgIpc) is 2.47. The summed E-state index contributed by atoms with van der Waals surface area (Å²) in [5.74, 6) is 0.318. The van der Waals surface area contributed by atoms with Gasteiger partial charge < -0.3 is 21.5 Å². The van der Waals surface area contributed by atoms with Gasteiger partial charge in [0.2, 0.25) is 0 Å². The maximum Gasteiger partial charge on any atom is 0.407 e. The summed E-state index contributed by atoms with van der Waals surface area (Å²) in [4.78, 5) is 14.1. The summed E-state index contributed by atoms with van der Waals surface area (Å²) in [6.45, 7) is 0.459. The molecule has 7 nitrogen and oxygen atoms in total. The third kappa shape index (κ3) is 3.52. The molecular formula is C6H11N5O2S. The van der Waals surface area contributed by atoms with E-state index in [0.29, 0.717) is 12.3 Å². The molecule has 0 aromatic rings. The van der Waals surface area contributed by atoms with Crippen LogP contribution in [0.1, 0.15) is 0 Å². The Kier molecular flexibility index (Phi) is 3.57. The van der Waals surface area contributed by atoms with Crippen molar-refractivity contribution in [1.82, 2.24) is 5.32 Å². The van der Waals surface area contributed by atoms with Crippen LogP contribution in [0.4, 0.5) is 4.79 Å². The number of thioether (sulfide) groups is 1. The smallest absolute Gasteiger partial charge is 0.407 e. The number of guanidine groups is 1. The predicted molar refractivity (Wildman–Crippen MR) is 54.3 cm³/mol. The Labute approximate surface area is 84.8 Å². The molecule has 1 rings (SSSR count). The minimum atomic E-state index is -0.427. The van der Waals surface area contributed by atoms with Crippen molar-refractivity contribution >= 4 is 29.0 Å². The number of nitrogens with zero attached hydrogens (tertiary/aromatic N) is 1. The molecule has 6 N–H and O–H groups in total. The van der Waals surface area contributed by atoms with E-state index in [1.807, 2.05) is 0 Å². The minimum absolute atomic E-state index is 0.00736. The van der Waals surface area contributed by atoms with Gasteiger partial charge in [-0.3, -0.25) is 5.41 Å². The number of amidine groups is 1. The lowest BCUT2D eigenvalue weighted by Gasteiger charge is -2.05. The molecule has 1 amide bonds. The molecule has 1 atom stereocenters. The van der Waals surface area contributed by atoms with E-state index in [9.17, 15) is 4.79 Å². The molecule has 1 saturated heterocycles. The van der Waals surface area contributed by atoms with Crippen LogP contribution in [0.2, 0.25) is 0 Å². The maximum atomic E-state index is 10.6. The fourth-order valence-electron chi connectivity index (χ4n) is 0.846. The summed E-state index contributed by atoms with van der Waals surface area (Å²) in [5.41, 5.74) is 10.2. The Morgan fingerprint density at radius 1 is 1.79 bits per heavy atom. The Balaban J connectivity index is 2.24. The largest absolute Gasteiger partial charge is 0.443 e. The normalized spacial score (nSPS) is 19.7. The highest BCUT2D eigenvalue weighted by atomic mass is 32.2. The second-order valence-corrected chi connectivity index (χ2v) is 3.57. The third-order valence-corrected chi connectivity index (χ3v) is 2.29. The second kappa shape index (κ2) is 4.70. The van der Waals surface area contributed by atoms with E-state index in [1.54, 1.807) is 0 Å². The number of hydrogen-bond acceptors (Lipinski definition) is 4. The van der Waals surface area contributed by atoms with Crippen molar-refractivity contribution in [2.45, 2.75) is 6.10 Å². The van der Waals surface area contributed by atoms with Crippen molar-refractivity contribution in [1.29, 1.82) is 5.41 Å². The predicted octanol–water partition coefficient (Wildman–Crippen LogP) is -0.964. The van der Waals surface area contributed by atoms with Crippen LogP contribution in [0.3, 0.4) is 0 Å². The first-order chi connectivity index (χ1) is 6.58. The number of carbonyl (C=O) groups is 1. The number of nitrogens with two attached hydrogens (primary N) is 2. The van der Waals surface area contributed by atoms with Crippen LogP contribution in [-0.2, 0) is 4.74 Å². The van der Waals surface area contributed by atoms with E-state index in [1.165, 1.54) is 0 Å². The summed E-state index contributed by atoms with van der Waals surface area (Å²) in [5, 5.41) is 9.80. The zero-order chi connectivity index (χ0) is 10.6. The van der Waals surface area contributed by atoms with Crippen molar-refractivity contribution in [3.05, 3.63) is 0 Å². The number of hydrogen-bond donors (Lipinski definition) is 4. The zero-order valence-corrected chi connectivity index (χ0v) is 8.13. The van der Waals surface area contributed by atoms with Crippen LogP contribution >= 0.6 is 11.8 Å². The molecule has 0 radical (unpaired) electrons. The van der Waals surface area contributed by atoms with Gasteiger partial charge in [-0.05, 0) is 0 Å². The molecule has 0 aromatic carbocycles. The van der Waals surface area contributed by atoms with Crippen molar-refractivity contribution in [2.24, 2.45) is 16.5 Å². The fraction of sp³-hybridized carbons (Fsp3) is 0.500. The lowest BCUT2D eigenvalue weighted by atomic mass is 10.4. The summed E-state index contributed by atoms with van der Waals surface area (Å²) < 4.78 is 4.84. The first-order valence-corrected chi connectivity index (χ1v) is 4.82. The van der Waals surface area contributed by atoms with Crippen molar-refractivity contribution in [2.75, 3.05) is 12.3 Å². The van der Waals surface area contributed by atoms with Gasteiger partial charge in [0, 0.05) is 5.75 Å². The lowest BCUT2D eigenvalue weighted by molar-refractivity contribution is 0.150. The van der Waals surface area contributed by atoms with Crippen molar-refractivity contribution < 1.29 is 9.53 Å². The van der Waals surface area contributed by atoms with Gasteiger partial charge in [-0.1, -0.05) is 11.8 Å². The molecule has 1 fully saturated rings. The van der Waals surface area contributed by atoms with E-state index >= 15 is 0 Å². The van der Waals surface area contributed by atoms with E-state index in [2.05, 4.69) is 10.3 Å². The number of nitrogens with one attached hydrogen (secondary N) is 2. The molecule has 8 heteroatoms. The molecule has 0 aromatic heterocycles. The number of cyclic esters (lactones) is 1. The van der Waals surface area contributed by atoms with Gasteiger partial charge in [0.05, 0.1) is 6.54 Å². The number of amides is 1. The average molecular weight is 217 g/mol. The highest BCUT2D eigenvalue weighted by molar-refractivity contribution is 8.13. The molecule has 14 heavy (non-hydrogen) atoms. The molecule has 1 aliphatic heterocycles. The van der Waals surface area contributed by atoms with E-state index in [4.69, 9.17) is 21.6 Å². The van der Waals surface area contributed by atoms with E-state index < -0.39 is 6.09 Å². The molecular weight excluding hydrogens is 206 g/mol. The first kappa shape index (κ1) is 10.6. The Hall–Kier alpha value is -1.44. The molecule has 78 valence electrons. The quantitative estimate of drug-likeness (QED) is 0.350. The summed E-state index contributed by atoms with van der Waals surface area (Å²) in [6.07, 6.45) is -0.647. The first-order valence-electron chi connectivity index (χ1n) is 3.83. The molecule has 1 aliphatic rings. The standard InChI is InChI=1S/C6H11N5O2S/c7-4(8)11-5(9)14-2-3-1-10-6(12)13-3/h3H,1-2H2,(H,10,12)(H5,7,8,9,11). The summed E-state index contributed by atoms with van der Waals surface area (Å²) >= 11 is 1.12. The van der Waals surface area contributed by atoms with Gasteiger partial charge in [0.25, 0.3) is 0 Å². The molecule has 1 unspecified atom stereocenters. The Bertz CT molecular complexity index is 275. The zero-order valence-electron chi connectivity index (χ0n) is 7.32. The van der Waals surface area contributed by atoms with Crippen molar-refractivity contribution in [3.63, 3.8) is 0 Å². The SMILES string of the molecule is N=C(N=C(N)N)SCC1CNC(=O)O1. The summed E-state index contributed by atoms with van der Waals surface area (Å²) in [6, 6.07) is 0. The number of carbonyl (C=O) groups excluding carboxylic acids is 1. The number of ether oxygens (including phenoxy) is 1. The van der Waals surface area contributed by atoms with Crippen LogP contribution in [0.5, 0.6) is 0 Å². The topological polar surface area (TPSA) is 127 Å². The van der Waals surface area contributed by atoms with Gasteiger partial charge in [-0.2, -0.15) is 4.99 Å². The Morgan fingerprint density at radius 3 is 3.00 bits per heavy atom. The van der Waals surface area contributed by atoms with Gasteiger partial charge in [0.15, 0.2) is 11.1 Å². The monoisotopic (exact) mass is 217 g/mol. The van der Waals surface area contributed by atoms with Crippen LogP contribution in [-0.4, -0.2) is 35.6 Å². The van der Waals surface area contributed by atoms with Gasteiger partial charge in [0.1, 0.15) is 6.10 Å². The molecule has 0 bridgehead atoms. The van der Waals surface area contributed by atoms with Crippen LogP contribution in [0.25, 0.3) is 0 Å². The highest BCUT2D eigenvalue weighted by Gasteiger charge is 2.22. The highest BCUT2D eigenvalue weighted by Crippen LogP contribution is 2.10.